The van der Waals surface area contributed by atoms with Crippen LogP contribution in [0.2, 0.25) is 0 Å². The number of rotatable bonds is 3. The summed E-state index contributed by atoms with van der Waals surface area (Å²) in [6.45, 7) is 1.72. The molecule has 0 aliphatic heterocycles. The molecule has 1 aromatic heterocycles. The molecule has 0 aliphatic rings. The number of alkyl halides is 3. The van der Waals surface area contributed by atoms with E-state index in [2.05, 4.69) is 10.2 Å². The molecule has 0 spiro atoms. The molecule has 0 fully saturated rings. The van der Waals surface area contributed by atoms with Crippen molar-refractivity contribution in [2.24, 2.45) is 0 Å². The van der Waals surface area contributed by atoms with Crippen molar-refractivity contribution in [3.05, 3.63) is 41.1 Å². The third-order valence-corrected chi connectivity index (χ3v) is 2.90. The van der Waals surface area contributed by atoms with Crippen molar-refractivity contribution in [1.82, 2.24) is 10.2 Å². The van der Waals surface area contributed by atoms with Crippen LogP contribution in [0.5, 0.6) is 0 Å². The molecule has 0 saturated carbocycles. The standard InChI is InChI=1S/C13H11F3N2O2/c1-2-9-10(17-18-11(9)12(19)20)7-4-3-5-8(6-7)13(14,15)16/h3-6H,2H2,1H3,(H,17,18)(H,19,20). The first-order valence-electron chi connectivity index (χ1n) is 5.82. The largest absolute Gasteiger partial charge is 0.477 e. The van der Waals surface area contributed by atoms with Gasteiger partial charge in [0.15, 0.2) is 0 Å². The van der Waals surface area contributed by atoms with Crippen LogP contribution in [-0.2, 0) is 12.6 Å². The molecule has 106 valence electrons. The lowest BCUT2D eigenvalue weighted by Crippen LogP contribution is -2.05. The fourth-order valence-electron chi connectivity index (χ4n) is 1.97. The molecule has 0 unspecified atom stereocenters. The molecule has 2 N–H and O–H groups in total. The van der Waals surface area contributed by atoms with E-state index in [-0.39, 0.29) is 17.0 Å². The van der Waals surface area contributed by atoms with E-state index in [9.17, 15) is 18.0 Å². The summed E-state index contributed by atoms with van der Waals surface area (Å²) in [5.74, 6) is -1.19. The third-order valence-electron chi connectivity index (χ3n) is 2.90. The van der Waals surface area contributed by atoms with Crippen LogP contribution in [0.4, 0.5) is 13.2 Å². The number of carboxylic acid groups (broad SMARTS) is 1. The lowest BCUT2D eigenvalue weighted by molar-refractivity contribution is -0.137. The van der Waals surface area contributed by atoms with Gasteiger partial charge >= 0.3 is 12.1 Å². The highest BCUT2D eigenvalue weighted by Gasteiger charge is 2.31. The topological polar surface area (TPSA) is 66.0 Å². The molecule has 20 heavy (non-hydrogen) atoms. The van der Waals surface area contributed by atoms with Gasteiger partial charge in [-0.1, -0.05) is 19.1 Å². The maximum Gasteiger partial charge on any atom is 0.416 e. The second-order valence-corrected chi connectivity index (χ2v) is 4.16. The van der Waals surface area contributed by atoms with E-state index in [0.29, 0.717) is 12.0 Å². The zero-order valence-corrected chi connectivity index (χ0v) is 10.5. The number of nitrogens with one attached hydrogen (secondary N) is 1. The van der Waals surface area contributed by atoms with Gasteiger partial charge in [-0.25, -0.2) is 4.79 Å². The quantitative estimate of drug-likeness (QED) is 0.908. The van der Waals surface area contributed by atoms with Gasteiger partial charge < -0.3 is 5.11 Å². The molecule has 4 nitrogen and oxygen atoms in total. The molecular weight excluding hydrogens is 273 g/mol. The molecule has 0 aliphatic carbocycles. The van der Waals surface area contributed by atoms with Crippen molar-refractivity contribution in [3.63, 3.8) is 0 Å². The van der Waals surface area contributed by atoms with Gasteiger partial charge in [0.2, 0.25) is 0 Å². The summed E-state index contributed by atoms with van der Waals surface area (Å²) in [6, 6.07) is 4.66. The van der Waals surface area contributed by atoms with Gasteiger partial charge in [-0.3, -0.25) is 5.10 Å². The molecule has 2 aromatic rings. The summed E-state index contributed by atoms with van der Waals surface area (Å²) >= 11 is 0. The minimum Gasteiger partial charge on any atom is -0.477 e. The van der Waals surface area contributed by atoms with Crippen molar-refractivity contribution in [3.8, 4) is 11.3 Å². The molecule has 1 aromatic carbocycles. The number of aromatic carboxylic acids is 1. The first-order valence-corrected chi connectivity index (χ1v) is 5.82. The minimum absolute atomic E-state index is 0.0973. The van der Waals surface area contributed by atoms with E-state index < -0.39 is 17.7 Å². The van der Waals surface area contributed by atoms with Crippen molar-refractivity contribution in [2.75, 3.05) is 0 Å². The predicted octanol–water partition coefficient (Wildman–Crippen LogP) is 3.36. The maximum atomic E-state index is 12.7. The average molecular weight is 284 g/mol. The van der Waals surface area contributed by atoms with Crippen LogP contribution in [0.15, 0.2) is 24.3 Å². The third kappa shape index (κ3) is 2.52. The maximum absolute atomic E-state index is 12.7. The predicted molar refractivity (Wildman–Crippen MR) is 65.4 cm³/mol. The zero-order valence-electron chi connectivity index (χ0n) is 10.5. The summed E-state index contributed by atoms with van der Waals surface area (Å²) in [5, 5.41) is 15.2. The Morgan fingerprint density at radius 3 is 2.65 bits per heavy atom. The van der Waals surface area contributed by atoms with Gasteiger partial charge in [0, 0.05) is 11.1 Å². The van der Waals surface area contributed by atoms with E-state index in [1.54, 1.807) is 6.92 Å². The van der Waals surface area contributed by atoms with Gasteiger partial charge in [-0.2, -0.15) is 18.3 Å². The number of carboxylic acids is 1. The van der Waals surface area contributed by atoms with E-state index in [1.807, 2.05) is 0 Å². The molecule has 0 bridgehead atoms. The van der Waals surface area contributed by atoms with Crippen molar-refractivity contribution in [1.29, 1.82) is 0 Å². The van der Waals surface area contributed by atoms with Crippen LogP contribution in [0, 0.1) is 0 Å². The number of nitrogens with zero attached hydrogens (tertiary/aromatic N) is 1. The number of aromatic nitrogens is 2. The van der Waals surface area contributed by atoms with Gasteiger partial charge in [-0.15, -0.1) is 0 Å². The van der Waals surface area contributed by atoms with Crippen LogP contribution < -0.4 is 0 Å². The van der Waals surface area contributed by atoms with Crippen LogP contribution in [0.25, 0.3) is 11.3 Å². The molecular formula is C13H11F3N2O2. The Labute approximate surface area is 112 Å². The van der Waals surface area contributed by atoms with E-state index in [1.165, 1.54) is 12.1 Å². The van der Waals surface area contributed by atoms with E-state index in [0.717, 1.165) is 12.1 Å². The average Bonchev–Trinajstić information content (AvgIpc) is 2.81. The molecule has 1 heterocycles. The fourth-order valence-corrected chi connectivity index (χ4v) is 1.97. The summed E-state index contributed by atoms with van der Waals surface area (Å²) in [6.07, 6.45) is -4.10. The van der Waals surface area contributed by atoms with Crippen LogP contribution in [-0.4, -0.2) is 21.3 Å². The number of carbonyl (C=O) groups is 1. The Balaban J connectivity index is 2.55. The lowest BCUT2D eigenvalue weighted by Gasteiger charge is -2.08. The highest BCUT2D eigenvalue weighted by Crippen LogP contribution is 2.33. The normalized spacial score (nSPS) is 11.6. The van der Waals surface area contributed by atoms with E-state index >= 15 is 0 Å². The number of hydrogen-bond donors (Lipinski definition) is 2. The number of H-pyrrole nitrogens is 1. The lowest BCUT2D eigenvalue weighted by atomic mass is 10.0. The number of benzene rings is 1. The molecule has 0 amide bonds. The molecule has 0 atom stereocenters. The van der Waals surface area contributed by atoms with Gasteiger partial charge in [-0.05, 0) is 18.6 Å². The number of hydrogen-bond acceptors (Lipinski definition) is 2. The second-order valence-electron chi connectivity index (χ2n) is 4.16. The SMILES string of the molecule is CCc1c(-c2cccc(C(F)(F)F)c2)n[nH]c1C(=O)O. The van der Waals surface area contributed by atoms with E-state index in [4.69, 9.17) is 5.11 Å². The Bertz CT molecular complexity index is 647. The number of aromatic amines is 1. The monoisotopic (exact) mass is 284 g/mol. The Hall–Kier alpha value is -2.31. The Morgan fingerprint density at radius 2 is 2.10 bits per heavy atom. The van der Waals surface area contributed by atoms with Crippen LogP contribution >= 0.6 is 0 Å². The summed E-state index contributed by atoms with van der Waals surface area (Å²) in [4.78, 5) is 11.0. The molecule has 0 saturated heterocycles. The smallest absolute Gasteiger partial charge is 0.416 e. The molecule has 2 rings (SSSR count). The summed E-state index contributed by atoms with van der Waals surface area (Å²) in [5.41, 5.74) is -0.0370. The highest BCUT2D eigenvalue weighted by atomic mass is 19.4. The van der Waals surface area contributed by atoms with Gasteiger partial charge in [0.1, 0.15) is 5.69 Å². The van der Waals surface area contributed by atoms with Crippen molar-refractivity contribution in [2.45, 2.75) is 19.5 Å². The first kappa shape index (κ1) is 14.1. The fraction of sp³-hybridized carbons (Fsp3) is 0.231. The second kappa shape index (κ2) is 4.99. The Morgan fingerprint density at radius 1 is 1.40 bits per heavy atom. The van der Waals surface area contributed by atoms with Crippen molar-refractivity contribution >= 4 is 5.97 Å². The van der Waals surface area contributed by atoms with Crippen LogP contribution in [0.1, 0.15) is 28.5 Å². The zero-order chi connectivity index (χ0) is 14.9. The number of halogens is 3. The summed E-state index contributed by atoms with van der Waals surface area (Å²) in [7, 11) is 0. The summed E-state index contributed by atoms with van der Waals surface area (Å²) < 4.78 is 38.0. The van der Waals surface area contributed by atoms with Crippen molar-refractivity contribution < 1.29 is 23.1 Å². The first-order chi connectivity index (χ1) is 9.34. The molecule has 7 heteroatoms. The highest BCUT2D eigenvalue weighted by molar-refractivity contribution is 5.89. The molecule has 0 radical (unpaired) electrons. The minimum atomic E-state index is -4.45. The van der Waals surface area contributed by atoms with Gasteiger partial charge in [0.25, 0.3) is 0 Å². The van der Waals surface area contributed by atoms with Gasteiger partial charge in [0.05, 0.1) is 11.3 Å². The van der Waals surface area contributed by atoms with Crippen LogP contribution in [0.3, 0.4) is 0 Å². The Kier molecular flexibility index (Phi) is 3.52.